The lowest BCUT2D eigenvalue weighted by Crippen LogP contribution is -2.26. The smallest absolute Gasteiger partial charge is 0.337 e. The van der Waals surface area contributed by atoms with Crippen LogP contribution in [0.5, 0.6) is 0 Å². The van der Waals surface area contributed by atoms with Crippen molar-refractivity contribution in [3.8, 4) is 0 Å². The molecule has 0 radical (unpaired) electrons. The van der Waals surface area contributed by atoms with Crippen LogP contribution in [0.1, 0.15) is 24.3 Å². The van der Waals surface area contributed by atoms with Crippen molar-refractivity contribution in [2.45, 2.75) is 18.8 Å². The number of carbonyl (C=O) groups excluding carboxylic acids is 2. The summed E-state index contributed by atoms with van der Waals surface area (Å²) in [6.45, 7) is 0.240. The molecule has 22 heavy (non-hydrogen) atoms. The maximum Gasteiger partial charge on any atom is 0.337 e. The zero-order chi connectivity index (χ0) is 15.4. The van der Waals surface area contributed by atoms with Gasteiger partial charge in [-0.15, -0.1) is 0 Å². The fourth-order valence-electron chi connectivity index (χ4n) is 3.30. The van der Waals surface area contributed by atoms with Crippen LogP contribution in [0.2, 0.25) is 5.02 Å². The van der Waals surface area contributed by atoms with Crippen molar-refractivity contribution in [2.75, 3.05) is 6.61 Å². The Kier molecular flexibility index (Phi) is 3.16. The molecule has 1 aliphatic carbocycles. The number of dihydropyridines is 1. The largest absolute Gasteiger partial charge is 0.456 e. The van der Waals surface area contributed by atoms with E-state index < -0.39 is 0 Å². The Hall–Kier alpha value is -1.59. The number of hydrogen-bond acceptors (Lipinski definition) is 4. The number of halogens is 2. The summed E-state index contributed by atoms with van der Waals surface area (Å²) in [5, 5.41) is 3.81. The van der Waals surface area contributed by atoms with Gasteiger partial charge in [0, 0.05) is 28.1 Å². The van der Waals surface area contributed by atoms with E-state index in [2.05, 4.69) is 21.2 Å². The highest BCUT2D eigenvalue weighted by Gasteiger charge is 2.43. The van der Waals surface area contributed by atoms with E-state index in [0.717, 1.165) is 21.4 Å². The Bertz CT molecular complexity index is 757. The third-order valence-electron chi connectivity index (χ3n) is 4.28. The Labute approximate surface area is 140 Å². The minimum atomic E-state index is -0.371. The minimum absolute atomic E-state index is 0.0878. The monoisotopic (exact) mass is 379 g/mol. The maximum absolute atomic E-state index is 12.3. The topological polar surface area (TPSA) is 55.4 Å². The summed E-state index contributed by atoms with van der Waals surface area (Å²) < 4.78 is 5.90. The summed E-state index contributed by atoms with van der Waals surface area (Å²) in [6, 6.07) is 5.49. The van der Waals surface area contributed by atoms with Gasteiger partial charge in [-0.25, -0.2) is 4.79 Å². The van der Waals surface area contributed by atoms with Gasteiger partial charge in [0.05, 0.1) is 16.3 Å². The molecule has 1 atom stereocenters. The van der Waals surface area contributed by atoms with E-state index in [0.29, 0.717) is 29.0 Å². The number of ether oxygens (including phenoxy) is 1. The van der Waals surface area contributed by atoms with Crippen molar-refractivity contribution in [3.05, 3.63) is 55.8 Å². The molecule has 0 saturated heterocycles. The van der Waals surface area contributed by atoms with E-state index in [-0.39, 0.29) is 24.3 Å². The second-order valence-corrected chi connectivity index (χ2v) is 6.78. The average molecular weight is 381 g/mol. The van der Waals surface area contributed by atoms with E-state index in [4.69, 9.17) is 16.3 Å². The van der Waals surface area contributed by atoms with Crippen LogP contribution < -0.4 is 5.32 Å². The number of benzene rings is 1. The van der Waals surface area contributed by atoms with Crippen LogP contribution in [0.15, 0.2) is 45.2 Å². The highest BCUT2D eigenvalue weighted by molar-refractivity contribution is 9.10. The third kappa shape index (κ3) is 1.96. The maximum atomic E-state index is 12.3. The number of rotatable bonds is 1. The molecule has 1 aromatic rings. The molecule has 4 rings (SSSR count). The molecule has 1 N–H and O–H groups in total. The van der Waals surface area contributed by atoms with Crippen molar-refractivity contribution in [3.63, 3.8) is 0 Å². The molecule has 0 spiro atoms. The molecule has 0 aromatic heterocycles. The van der Waals surface area contributed by atoms with Crippen LogP contribution in [0.4, 0.5) is 0 Å². The molecule has 112 valence electrons. The Morgan fingerprint density at radius 2 is 2.00 bits per heavy atom. The van der Waals surface area contributed by atoms with Gasteiger partial charge < -0.3 is 10.1 Å². The lowest BCUT2D eigenvalue weighted by Gasteiger charge is -2.26. The average Bonchev–Trinajstić information content (AvgIpc) is 3.05. The number of hydrogen-bond donors (Lipinski definition) is 1. The van der Waals surface area contributed by atoms with E-state index in [1.807, 2.05) is 12.1 Å². The first-order valence-corrected chi connectivity index (χ1v) is 8.11. The number of cyclic esters (lactones) is 1. The number of esters is 1. The fraction of sp³-hybridized carbons (Fsp3) is 0.250. The summed E-state index contributed by atoms with van der Waals surface area (Å²) in [5.74, 6) is -0.639. The minimum Gasteiger partial charge on any atom is -0.456 e. The van der Waals surface area contributed by atoms with E-state index in [1.54, 1.807) is 6.07 Å². The van der Waals surface area contributed by atoms with E-state index in [9.17, 15) is 9.59 Å². The van der Waals surface area contributed by atoms with Gasteiger partial charge >= 0.3 is 5.97 Å². The van der Waals surface area contributed by atoms with Gasteiger partial charge in [0.25, 0.3) is 0 Å². The normalized spacial score (nSPS) is 23.5. The van der Waals surface area contributed by atoms with Crippen LogP contribution in [-0.4, -0.2) is 18.4 Å². The number of carbonyl (C=O) groups is 2. The van der Waals surface area contributed by atoms with E-state index >= 15 is 0 Å². The third-order valence-corrected chi connectivity index (χ3v) is 5.49. The number of allylic oxidation sites excluding steroid dienone is 2. The number of nitrogens with one attached hydrogen (secondary N) is 1. The lowest BCUT2D eigenvalue weighted by molar-refractivity contribution is -0.136. The highest BCUT2D eigenvalue weighted by Crippen LogP contribution is 2.45. The quantitative estimate of drug-likeness (QED) is 0.760. The van der Waals surface area contributed by atoms with Gasteiger partial charge in [0.15, 0.2) is 5.78 Å². The molecule has 1 aromatic carbocycles. The lowest BCUT2D eigenvalue weighted by atomic mass is 9.81. The Balaban J connectivity index is 1.91. The van der Waals surface area contributed by atoms with Crippen molar-refractivity contribution in [1.29, 1.82) is 0 Å². The van der Waals surface area contributed by atoms with Crippen LogP contribution in [-0.2, 0) is 14.3 Å². The number of Topliss-reactive ketones (excluding diaryl/α,β-unsaturated/α-hetero) is 1. The highest BCUT2D eigenvalue weighted by atomic mass is 79.9. The molecule has 2 aliphatic heterocycles. The van der Waals surface area contributed by atoms with Crippen LogP contribution >= 0.6 is 27.5 Å². The Morgan fingerprint density at radius 1 is 1.18 bits per heavy atom. The standard InChI is InChI=1S/C16H11BrClNO3/c17-8-5-7(1-2-9(8)18)13-14-10(3-4-12(14)20)19-11-6-22-16(21)15(11)13/h1-2,5,13,19H,3-4,6H2/t13-/m1/s1. The van der Waals surface area contributed by atoms with Crippen molar-refractivity contribution in [2.24, 2.45) is 0 Å². The second-order valence-electron chi connectivity index (χ2n) is 5.52. The molecule has 0 unspecified atom stereocenters. The first-order chi connectivity index (χ1) is 10.6. The fourth-order valence-corrected chi connectivity index (χ4v) is 3.82. The zero-order valence-electron chi connectivity index (χ0n) is 11.4. The van der Waals surface area contributed by atoms with Crippen molar-refractivity contribution >= 4 is 39.3 Å². The van der Waals surface area contributed by atoms with Gasteiger partial charge in [0.1, 0.15) is 6.61 Å². The first kappa shape index (κ1) is 14.0. The molecular weight excluding hydrogens is 370 g/mol. The molecule has 4 nitrogen and oxygen atoms in total. The second kappa shape index (κ2) is 4.96. The van der Waals surface area contributed by atoms with Crippen molar-refractivity contribution < 1.29 is 14.3 Å². The van der Waals surface area contributed by atoms with E-state index in [1.165, 1.54) is 0 Å². The van der Waals surface area contributed by atoms with Gasteiger partial charge in [-0.05, 0) is 40.0 Å². The molecular formula is C16H11BrClNO3. The molecule has 2 heterocycles. The van der Waals surface area contributed by atoms with Gasteiger partial charge in [0.2, 0.25) is 0 Å². The summed E-state index contributed by atoms with van der Waals surface area (Å²) in [6.07, 6.45) is 1.17. The predicted molar refractivity (Wildman–Crippen MR) is 84.3 cm³/mol. The van der Waals surface area contributed by atoms with Gasteiger partial charge in [-0.3, -0.25) is 4.79 Å². The van der Waals surface area contributed by atoms with Crippen LogP contribution in [0, 0.1) is 0 Å². The molecule has 0 bridgehead atoms. The molecule has 0 amide bonds. The Morgan fingerprint density at radius 3 is 2.77 bits per heavy atom. The predicted octanol–water partition coefficient (Wildman–Crippen LogP) is 3.22. The zero-order valence-corrected chi connectivity index (χ0v) is 13.8. The summed E-state index contributed by atoms with van der Waals surface area (Å²) in [7, 11) is 0. The molecule has 3 aliphatic rings. The molecule has 6 heteroatoms. The van der Waals surface area contributed by atoms with Crippen LogP contribution in [0.3, 0.4) is 0 Å². The van der Waals surface area contributed by atoms with Crippen molar-refractivity contribution in [1.82, 2.24) is 5.32 Å². The van der Waals surface area contributed by atoms with Gasteiger partial charge in [-0.1, -0.05) is 17.7 Å². The SMILES string of the molecule is O=C1CCC2=C1[C@@H](c1ccc(Cl)c(Br)c1)C1=C(COC1=O)N2. The molecule has 0 saturated carbocycles. The van der Waals surface area contributed by atoms with Gasteiger partial charge in [-0.2, -0.15) is 0 Å². The van der Waals surface area contributed by atoms with Crippen LogP contribution in [0.25, 0.3) is 0 Å². The summed E-state index contributed by atoms with van der Waals surface area (Å²) in [5.41, 5.74) is 3.79. The summed E-state index contributed by atoms with van der Waals surface area (Å²) >= 11 is 9.46. The summed E-state index contributed by atoms with van der Waals surface area (Å²) in [4.78, 5) is 24.5. The molecule has 0 fully saturated rings. The first-order valence-electron chi connectivity index (χ1n) is 6.94. The number of ketones is 1.